The molecule has 2 heterocycles. The first-order valence-electron chi connectivity index (χ1n) is 7.33. The average Bonchev–Trinajstić information content (AvgIpc) is 2.47. The molecule has 104 valence electrons. The van der Waals surface area contributed by atoms with Crippen molar-refractivity contribution >= 4 is 0 Å². The summed E-state index contributed by atoms with van der Waals surface area (Å²) in [5, 5.41) is 0. The maximum Gasteiger partial charge on any atom is 0.131 e. The Balaban J connectivity index is 1.75. The molecule has 0 amide bonds. The predicted molar refractivity (Wildman–Crippen MR) is 80.4 cm³/mol. The van der Waals surface area contributed by atoms with Gasteiger partial charge in [-0.1, -0.05) is 44.2 Å². The van der Waals surface area contributed by atoms with Gasteiger partial charge in [-0.25, -0.2) is 9.97 Å². The highest BCUT2D eigenvalue weighted by molar-refractivity contribution is 5.22. The van der Waals surface area contributed by atoms with E-state index in [0.717, 1.165) is 31.9 Å². The predicted octanol–water partition coefficient (Wildman–Crippen LogP) is 3.16. The monoisotopic (exact) mass is 267 g/mol. The molecule has 3 nitrogen and oxygen atoms in total. The van der Waals surface area contributed by atoms with Gasteiger partial charge in [0, 0.05) is 31.7 Å². The number of nitrogens with zero attached hydrogens (tertiary/aromatic N) is 3. The Morgan fingerprint density at radius 3 is 2.75 bits per heavy atom. The summed E-state index contributed by atoms with van der Waals surface area (Å²) < 4.78 is 0. The van der Waals surface area contributed by atoms with Crippen molar-refractivity contribution in [3.05, 3.63) is 59.2 Å². The Labute approximate surface area is 120 Å². The molecular weight excluding hydrogens is 246 g/mol. The summed E-state index contributed by atoms with van der Waals surface area (Å²) in [5.41, 5.74) is 3.90. The molecule has 0 aliphatic carbocycles. The normalized spacial score (nSPS) is 15.3. The highest BCUT2D eigenvalue weighted by Gasteiger charge is 2.19. The van der Waals surface area contributed by atoms with Crippen molar-refractivity contribution in [2.24, 2.45) is 0 Å². The molecule has 0 unspecified atom stereocenters. The highest BCUT2D eigenvalue weighted by atomic mass is 15.1. The van der Waals surface area contributed by atoms with E-state index in [1.165, 1.54) is 16.8 Å². The van der Waals surface area contributed by atoms with Crippen LogP contribution in [0.3, 0.4) is 0 Å². The van der Waals surface area contributed by atoms with Gasteiger partial charge in [0.25, 0.3) is 0 Å². The van der Waals surface area contributed by atoms with Gasteiger partial charge in [0.15, 0.2) is 0 Å². The standard InChI is InChI=1S/C17H21N3/c1-13(2)17-18-10-15-8-9-20(12-16(15)19-17)11-14-6-4-3-5-7-14/h3-7,10,13H,8-9,11-12H2,1-2H3. The van der Waals surface area contributed by atoms with Crippen LogP contribution in [0.5, 0.6) is 0 Å². The lowest BCUT2D eigenvalue weighted by atomic mass is 10.1. The van der Waals surface area contributed by atoms with Crippen LogP contribution in [0.15, 0.2) is 36.5 Å². The van der Waals surface area contributed by atoms with Gasteiger partial charge >= 0.3 is 0 Å². The minimum absolute atomic E-state index is 0.393. The van der Waals surface area contributed by atoms with E-state index in [9.17, 15) is 0 Å². The van der Waals surface area contributed by atoms with E-state index in [1.807, 2.05) is 6.20 Å². The Kier molecular flexibility index (Phi) is 3.79. The van der Waals surface area contributed by atoms with Crippen molar-refractivity contribution < 1.29 is 0 Å². The quantitative estimate of drug-likeness (QED) is 0.855. The lowest BCUT2D eigenvalue weighted by molar-refractivity contribution is 0.240. The zero-order valence-corrected chi connectivity index (χ0v) is 12.2. The maximum atomic E-state index is 4.75. The van der Waals surface area contributed by atoms with E-state index in [2.05, 4.69) is 54.1 Å². The topological polar surface area (TPSA) is 29.0 Å². The van der Waals surface area contributed by atoms with Crippen LogP contribution >= 0.6 is 0 Å². The maximum absolute atomic E-state index is 4.75. The number of benzene rings is 1. The molecule has 0 spiro atoms. The fraction of sp³-hybridized carbons (Fsp3) is 0.412. The third-order valence-electron chi connectivity index (χ3n) is 3.81. The summed E-state index contributed by atoms with van der Waals surface area (Å²) in [6.07, 6.45) is 3.08. The van der Waals surface area contributed by atoms with Crippen LogP contribution < -0.4 is 0 Å². The molecule has 20 heavy (non-hydrogen) atoms. The Bertz CT molecular complexity index is 578. The minimum Gasteiger partial charge on any atom is -0.293 e. The third-order valence-corrected chi connectivity index (χ3v) is 3.81. The van der Waals surface area contributed by atoms with Gasteiger partial charge in [0.05, 0.1) is 5.69 Å². The molecule has 0 N–H and O–H groups in total. The van der Waals surface area contributed by atoms with Crippen LogP contribution in [0, 0.1) is 0 Å². The van der Waals surface area contributed by atoms with Crippen molar-refractivity contribution in [1.82, 2.24) is 14.9 Å². The number of hydrogen-bond acceptors (Lipinski definition) is 3. The average molecular weight is 267 g/mol. The number of fused-ring (bicyclic) bond motifs is 1. The number of rotatable bonds is 3. The molecule has 0 fully saturated rings. The molecule has 3 heteroatoms. The molecule has 1 aliphatic rings. The van der Waals surface area contributed by atoms with Crippen molar-refractivity contribution in [2.45, 2.75) is 39.3 Å². The molecule has 0 radical (unpaired) electrons. The highest BCUT2D eigenvalue weighted by Crippen LogP contribution is 2.20. The van der Waals surface area contributed by atoms with E-state index in [1.54, 1.807) is 0 Å². The van der Waals surface area contributed by atoms with Crippen LogP contribution in [-0.4, -0.2) is 21.4 Å². The molecule has 0 bridgehead atoms. The van der Waals surface area contributed by atoms with Gasteiger partial charge in [-0.3, -0.25) is 4.90 Å². The van der Waals surface area contributed by atoms with Gasteiger partial charge in [-0.15, -0.1) is 0 Å². The molecule has 0 atom stereocenters. The fourth-order valence-electron chi connectivity index (χ4n) is 2.63. The zero-order chi connectivity index (χ0) is 13.9. The Morgan fingerprint density at radius 2 is 2.00 bits per heavy atom. The molecule has 1 aromatic carbocycles. The summed E-state index contributed by atoms with van der Waals surface area (Å²) >= 11 is 0. The van der Waals surface area contributed by atoms with Crippen molar-refractivity contribution in [3.8, 4) is 0 Å². The van der Waals surface area contributed by atoms with Gasteiger partial charge in [0.1, 0.15) is 5.82 Å². The SMILES string of the molecule is CC(C)c1ncc2c(n1)CN(Cc1ccccc1)CC2. The van der Waals surface area contributed by atoms with E-state index in [-0.39, 0.29) is 0 Å². The smallest absolute Gasteiger partial charge is 0.131 e. The van der Waals surface area contributed by atoms with Gasteiger partial charge < -0.3 is 0 Å². The summed E-state index contributed by atoms with van der Waals surface area (Å²) in [4.78, 5) is 11.7. The second kappa shape index (κ2) is 5.71. The first-order chi connectivity index (χ1) is 9.72. The summed E-state index contributed by atoms with van der Waals surface area (Å²) in [7, 11) is 0. The van der Waals surface area contributed by atoms with Gasteiger partial charge in [-0.05, 0) is 17.5 Å². The minimum atomic E-state index is 0.393. The van der Waals surface area contributed by atoms with Crippen molar-refractivity contribution in [3.63, 3.8) is 0 Å². The van der Waals surface area contributed by atoms with Crippen LogP contribution in [0.25, 0.3) is 0 Å². The van der Waals surface area contributed by atoms with Crippen LogP contribution in [0.4, 0.5) is 0 Å². The van der Waals surface area contributed by atoms with E-state index < -0.39 is 0 Å². The second-order valence-electron chi connectivity index (χ2n) is 5.80. The zero-order valence-electron chi connectivity index (χ0n) is 12.2. The largest absolute Gasteiger partial charge is 0.293 e. The lowest BCUT2D eigenvalue weighted by Crippen LogP contribution is -2.31. The third kappa shape index (κ3) is 2.88. The summed E-state index contributed by atoms with van der Waals surface area (Å²) in [5.74, 6) is 1.36. The Hall–Kier alpha value is -1.74. The first kappa shape index (κ1) is 13.3. The number of hydrogen-bond donors (Lipinski definition) is 0. The van der Waals surface area contributed by atoms with Crippen molar-refractivity contribution in [1.29, 1.82) is 0 Å². The summed E-state index contributed by atoms with van der Waals surface area (Å²) in [6, 6.07) is 10.7. The van der Waals surface area contributed by atoms with E-state index in [0.29, 0.717) is 5.92 Å². The van der Waals surface area contributed by atoms with Crippen LogP contribution in [0.1, 0.15) is 42.4 Å². The second-order valence-corrected chi connectivity index (χ2v) is 5.80. The first-order valence-corrected chi connectivity index (χ1v) is 7.33. The Morgan fingerprint density at radius 1 is 1.20 bits per heavy atom. The fourth-order valence-corrected chi connectivity index (χ4v) is 2.63. The molecule has 1 aromatic heterocycles. The molecular formula is C17H21N3. The van der Waals surface area contributed by atoms with Gasteiger partial charge in [0.2, 0.25) is 0 Å². The molecule has 1 aliphatic heterocycles. The number of aromatic nitrogens is 2. The molecule has 2 aromatic rings. The van der Waals surface area contributed by atoms with E-state index >= 15 is 0 Å². The molecule has 0 saturated carbocycles. The van der Waals surface area contributed by atoms with E-state index in [4.69, 9.17) is 4.98 Å². The van der Waals surface area contributed by atoms with Gasteiger partial charge in [-0.2, -0.15) is 0 Å². The molecule has 0 saturated heterocycles. The van der Waals surface area contributed by atoms with Crippen LogP contribution in [-0.2, 0) is 19.5 Å². The molecule has 3 rings (SSSR count). The van der Waals surface area contributed by atoms with Crippen LogP contribution in [0.2, 0.25) is 0 Å². The lowest BCUT2D eigenvalue weighted by Gasteiger charge is -2.28. The summed E-state index contributed by atoms with van der Waals surface area (Å²) in [6.45, 7) is 7.32. The van der Waals surface area contributed by atoms with Crippen molar-refractivity contribution in [2.75, 3.05) is 6.54 Å².